The molecule has 0 bridgehead atoms. The lowest BCUT2D eigenvalue weighted by molar-refractivity contribution is 0.0555. The van der Waals surface area contributed by atoms with Gasteiger partial charge >= 0.3 is 11.9 Å². The molecule has 4 N–H and O–H groups in total. The molecule has 1 aromatic rings. The first-order valence-corrected chi connectivity index (χ1v) is 8.73. The highest BCUT2D eigenvalue weighted by Gasteiger charge is 2.44. The quantitative estimate of drug-likeness (QED) is 0.765. The van der Waals surface area contributed by atoms with Crippen LogP contribution in [0.2, 0.25) is 0 Å². The molecule has 1 aliphatic heterocycles. The number of methoxy groups -OCH3 is 2. The Morgan fingerprint density at radius 3 is 2.37 bits per heavy atom. The molecule has 1 saturated carbocycles. The summed E-state index contributed by atoms with van der Waals surface area (Å²) in [5.41, 5.74) is 11.9. The number of carbonyl (C=O) groups excluding carboxylic acids is 2. The van der Waals surface area contributed by atoms with Crippen LogP contribution in [0.4, 0.5) is 5.69 Å². The van der Waals surface area contributed by atoms with Gasteiger partial charge in [-0.05, 0) is 37.8 Å². The Morgan fingerprint density at radius 2 is 1.74 bits per heavy atom. The summed E-state index contributed by atoms with van der Waals surface area (Å²) in [4.78, 5) is 35.2. The fourth-order valence-electron chi connectivity index (χ4n) is 3.79. The van der Waals surface area contributed by atoms with Crippen molar-refractivity contribution in [3.05, 3.63) is 29.3 Å². The smallest absolute Gasteiger partial charge is 0.340 e. The molecule has 3 rings (SSSR count). The largest absolute Gasteiger partial charge is 0.465 e. The third kappa shape index (κ3) is 3.20. The lowest BCUT2D eigenvalue weighted by atomic mass is 9.86. The van der Waals surface area contributed by atoms with Crippen molar-refractivity contribution in [1.82, 2.24) is 0 Å². The molecule has 144 valence electrons. The lowest BCUT2D eigenvalue weighted by Gasteiger charge is -2.46. The van der Waals surface area contributed by atoms with Crippen molar-refractivity contribution in [2.24, 2.45) is 21.5 Å². The molecule has 27 heavy (non-hydrogen) atoms. The maximum Gasteiger partial charge on any atom is 0.340 e. The summed E-state index contributed by atoms with van der Waals surface area (Å²) in [6.45, 7) is 0. The molecule has 1 fully saturated rings. The molecule has 0 atom stereocenters. The molecule has 0 unspecified atom stereocenters. The van der Waals surface area contributed by atoms with Crippen molar-refractivity contribution in [2.75, 3.05) is 19.1 Å². The number of anilines is 1. The molecular weight excluding hydrogens is 350 g/mol. The molecule has 2 aliphatic rings. The van der Waals surface area contributed by atoms with Crippen LogP contribution in [0.3, 0.4) is 0 Å². The van der Waals surface area contributed by atoms with Crippen LogP contribution < -0.4 is 16.4 Å². The summed E-state index contributed by atoms with van der Waals surface area (Å²) in [6.07, 6.45) is 4.35. The predicted molar refractivity (Wildman–Crippen MR) is 101 cm³/mol. The van der Waals surface area contributed by atoms with Crippen molar-refractivity contribution >= 4 is 29.5 Å². The summed E-state index contributed by atoms with van der Waals surface area (Å²) < 4.78 is 9.74. The van der Waals surface area contributed by atoms with E-state index in [4.69, 9.17) is 20.9 Å². The van der Waals surface area contributed by atoms with Gasteiger partial charge in [-0.25, -0.2) is 14.6 Å². The summed E-state index contributed by atoms with van der Waals surface area (Å²) in [6, 6.07) is 4.85. The molecule has 1 aromatic carbocycles. The van der Waals surface area contributed by atoms with Gasteiger partial charge < -0.3 is 20.9 Å². The Bertz CT molecular complexity index is 827. The number of nitrogens with two attached hydrogens (primary N) is 2. The fraction of sp³-hybridized carbons (Fsp3) is 0.444. The van der Waals surface area contributed by atoms with Gasteiger partial charge in [0.1, 0.15) is 5.66 Å². The van der Waals surface area contributed by atoms with E-state index in [0.29, 0.717) is 18.5 Å². The zero-order chi connectivity index (χ0) is 19.6. The summed E-state index contributed by atoms with van der Waals surface area (Å²) in [7, 11) is 2.50. The van der Waals surface area contributed by atoms with Crippen LogP contribution in [0.15, 0.2) is 28.2 Å². The van der Waals surface area contributed by atoms with Gasteiger partial charge in [-0.15, -0.1) is 0 Å². The van der Waals surface area contributed by atoms with Crippen molar-refractivity contribution in [2.45, 2.75) is 37.8 Å². The van der Waals surface area contributed by atoms with Gasteiger partial charge in [0.2, 0.25) is 11.9 Å². The number of esters is 2. The molecule has 0 amide bonds. The molecule has 0 aromatic heterocycles. The number of aliphatic imine (C=N–C) groups is 2. The number of carbonyl (C=O) groups is 2. The monoisotopic (exact) mass is 373 g/mol. The van der Waals surface area contributed by atoms with Gasteiger partial charge in [-0.2, -0.15) is 4.99 Å². The minimum Gasteiger partial charge on any atom is -0.465 e. The third-order valence-electron chi connectivity index (χ3n) is 4.93. The summed E-state index contributed by atoms with van der Waals surface area (Å²) in [5.74, 6) is -1.09. The first kappa shape index (κ1) is 18.7. The summed E-state index contributed by atoms with van der Waals surface area (Å²) >= 11 is 0. The van der Waals surface area contributed by atoms with Crippen molar-refractivity contribution in [1.29, 1.82) is 0 Å². The van der Waals surface area contributed by atoms with E-state index >= 15 is 0 Å². The highest BCUT2D eigenvalue weighted by atomic mass is 16.5. The maximum atomic E-state index is 12.6. The van der Waals surface area contributed by atoms with Crippen LogP contribution in [0.25, 0.3) is 0 Å². The number of guanidine groups is 2. The fourth-order valence-corrected chi connectivity index (χ4v) is 3.79. The van der Waals surface area contributed by atoms with E-state index in [9.17, 15) is 9.59 Å². The van der Waals surface area contributed by atoms with Gasteiger partial charge in [0.05, 0.1) is 31.0 Å². The SMILES string of the molecule is COC(=O)c1cccc(N2C(N)=NC(N)=NC23CCCCC3)c1C(=O)OC. The van der Waals surface area contributed by atoms with E-state index in [0.717, 1.165) is 19.3 Å². The highest BCUT2D eigenvalue weighted by Crippen LogP contribution is 2.41. The van der Waals surface area contributed by atoms with Gasteiger partial charge in [0, 0.05) is 0 Å². The van der Waals surface area contributed by atoms with Crippen LogP contribution in [0, 0.1) is 0 Å². The van der Waals surface area contributed by atoms with Gasteiger partial charge in [0.25, 0.3) is 0 Å². The van der Waals surface area contributed by atoms with E-state index in [2.05, 4.69) is 9.98 Å². The Hall–Kier alpha value is -3.10. The van der Waals surface area contributed by atoms with Crippen LogP contribution in [-0.2, 0) is 9.47 Å². The Labute approximate surface area is 157 Å². The van der Waals surface area contributed by atoms with Crippen molar-refractivity contribution in [3.8, 4) is 0 Å². The second-order valence-corrected chi connectivity index (χ2v) is 6.50. The zero-order valence-corrected chi connectivity index (χ0v) is 15.4. The number of benzene rings is 1. The lowest BCUT2D eigenvalue weighted by Crippen LogP contribution is -2.58. The molecule has 9 heteroatoms. The Kier molecular flexibility index (Phi) is 5.02. The molecule has 1 spiro atoms. The number of rotatable bonds is 3. The molecule has 9 nitrogen and oxygen atoms in total. The van der Waals surface area contributed by atoms with Gasteiger partial charge in [-0.3, -0.25) is 4.90 Å². The maximum absolute atomic E-state index is 12.6. The Balaban J connectivity index is 2.23. The molecular formula is C18H23N5O4. The molecule has 1 heterocycles. The molecule has 0 radical (unpaired) electrons. The normalized spacial score (nSPS) is 18.5. The van der Waals surface area contributed by atoms with Crippen LogP contribution in [-0.4, -0.2) is 43.7 Å². The average Bonchev–Trinajstić information content (AvgIpc) is 2.66. The van der Waals surface area contributed by atoms with Crippen molar-refractivity contribution in [3.63, 3.8) is 0 Å². The van der Waals surface area contributed by atoms with Gasteiger partial charge in [0.15, 0.2) is 0 Å². The zero-order valence-electron chi connectivity index (χ0n) is 15.4. The minimum atomic E-state index is -0.744. The number of hydrogen-bond acceptors (Lipinski definition) is 9. The highest BCUT2D eigenvalue weighted by molar-refractivity contribution is 6.12. The number of hydrogen-bond donors (Lipinski definition) is 2. The number of ether oxygens (including phenoxy) is 2. The van der Waals surface area contributed by atoms with E-state index in [-0.39, 0.29) is 23.0 Å². The standard InChI is InChI=1S/C18H23N5O4/c1-26-14(24)11-7-6-8-12(13(11)15(25)27-2)23-17(20)21-16(19)22-18(23)9-4-3-5-10-18/h6-8H,3-5,9-10H2,1-2H3,(H4,19,20,21,22). The van der Waals surface area contributed by atoms with Crippen LogP contribution >= 0.6 is 0 Å². The second-order valence-electron chi connectivity index (χ2n) is 6.50. The molecule has 0 saturated heterocycles. The first-order chi connectivity index (χ1) is 12.9. The predicted octanol–water partition coefficient (Wildman–Crippen LogP) is 1.37. The minimum absolute atomic E-state index is 0.0608. The Morgan fingerprint density at radius 1 is 1.07 bits per heavy atom. The average molecular weight is 373 g/mol. The van der Waals surface area contributed by atoms with E-state index < -0.39 is 17.6 Å². The molecule has 1 aliphatic carbocycles. The third-order valence-corrected chi connectivity index (χ3v) is 4.93. The summed E-state index contributed by atoms with van der Waals surface area (Å²) in [5, 5.41) is 0. The first-order valence-electron chi connectivity index (χ1n) is 8.73. The topological polar surface area (TPSA) is 133 Å². The van der Waals surface area contributed by atoms with E-state index in [1.165, 1.54) is 20.3 Å². The van der Waals surface area contributed by atoms with Crippen LogP contribution in [0.5, 0.6) is 0 Å². The number of nitrogens with zero attached hydrogens (tertiary/aromatic N) is 3. The van der Waals surface area contributed by atoms with E-state index in [1.54, 1.807) is 17.0 Å². The van der Waals surface area contributed by atoms with Gasteiger partial charge in [-0.1, -0.05) is 12.5 Å². The van der Waals surface area contributed by atoms with Crippen molar-refractivity contribution < 1.29 is 19.1 Å². The van der Waals surface area contributed by atoms with E-state index in [1.807, 2.05) is 0 Å². The second kappa shape index (κ2) is 7.26. The van der Waals surface area contributed by atoms with Crippen LogP contribution in [0.1, 0.15) is 52.8 Å².